The highest BCUT2D eigenvalue weighted by molar-refractivity contribution is 5.78. The topological polar surface area (TPSA) is 94.0 Å². The zero-order valence-corrected chi connectivity index (χ0v) is 9.98. The van der Waals surface area contributed by atoms with Crippen LogP contribution in [0.3, 0.4) is 0 Å². The number of carbonyl (C=O) groups is 1. The number of nitrogens with zero attached hydrogens (tertiary/aromatic N) is 2. The van der Waals surface area contributed by atoms with Gasteiger partial charge in [0.2, 0.25) is 11.8 Å². The number of nitrogens with two attached hydrogens (primary N) is 1. The summed E-state index contributed by atoms with van der Waals surface area (Å²) in [6.45, 7) is 2.30. The van der Waals surface area contributed by atoms with Gasteiger partial charge >= 0.3 is 0 Å². The number of amides is 1. The minimum absolute atomic E-state index is 0.0782. The zero-order chi connectivity index (χ0) is 12.3. The van der Waals surface area contributed by atoms with Gasteiger partial charge < -0.3 is 15.6 Å². The Balaban J connectivity index is 1.70. The van der Waals surface area contributed by atoms with Crippen molar-refractivity contribution in [2.45, 2.75) is 38.6 Å². The maximum Gasteiger partial charge on any atom is 0.228 e. The fraction of sp³-hybridized carbons (Fsp3) is 0.727. The minimum atomic E-state index is 0.0782. The molecular formula is C11H18N4O2. The monoisotopic (exact) mass is 238 g/mol. The molecule has 0 radical (unpaired) electrons. The fourth-order valence-electron chi connectivity index (χ4n) is 2.13. The second kappa shape index (κ2) is 5.27. The van der Waals surface area contributed by atoms with Crippen LogP contribution in [0.5, 0.6) is 0 Å². The Hall–Kier alpha value is -1.43. The van der Waals surface area contributed by atoms with Crippen LogP contribution < -0.4 is 11.1 Å². The Bertz CT molecular complexity index is 391. The van der Waals surface area contributed by atoms with Crippen molar-refractivity contribution >= 4 is 5.91 Å². The fourth-order valence-corrected chi connectivity index (χ4v) is 2.13. The number of nitrogens with one attached hydrogen (secondary N) is 1. The molecule has 0 aliphatic heterocycles. The number of aryl methyl sites for hydroxylation is 1. The van der Waals surface area contributed by atoms with Crippen molar-refractivity contribution in [1.82, 2.24) is 15.5 Å². The van der Waals surface area contributed by atoms with E-state index in [9.17, 15) is 4.79 Å². The van der Waals surface area contributed by atoms with Gasteiger partial charge in [-0.2, -0.15) is 4.98 Å². The normalized spacial score (nSPS) is 23.9. The van der Waals surface area contributed by atoms with Crippen molar-refractivity contribution in [1.29, 1.82) is 0 Å². The largest absolute Gasteiger partial charge is 0.355 e. The van der Waals surface area contributed by atoms with E-state index in [-0.39, 0.29) is 17.9 Å². The number of rotatable bonds is 4. The summed E-state index contributed by atoms with van der Waals surface area (Å²) < 4.78 is 4.96. The van der Waals surface area contributed by atoms with E-state index in [4.69, 9.17) is 10.3 Å². The highest BCUT2D eigenvalue weighted by Crippen LogP contribution is 2.23. The summed E-state index contributed by atoms with van der Waals surface area (Å²) >= 11 is 0. The van der Waals surface area contributed by atoms with E-state index in [1.807, 2.05) is 0 Å². The molecule has 1 fully saturated rings. The van der Waals surface area contributed by atoms with E-state index < -0.39 is 0 Å². The third-order valence-corrected chi connectivity index (χ3v) is 3.05. The Kier molecular flexibility index (Phi) is 3.73. The quantitative estimate of drug-likeness (QED) is 0.779. The summed E-state index contributed by atoms with van der Waals surface area (Å²) in [5.74, 6) is 1.35. The second-order valence-electron chi connectivity index (χ2n) is 4.55. The van der Waals surface area contributed by atoms with Crippen molar-refractivity contribution in [3.8, 4) is 0 Å². The molecule has 1 heterocycles. The molecule has 2 atom stereocenters. The van der Waals surface area contributed by atoms with E-state index >= 15 is 0 Å². The molecule has 1 aliphatic carbocycles. The maximum atomic E-state index is 11.8. The van der Waals surface area contributed by atoms with Gasteiger partial charge in [0, 0.05) is 24.9 Å². The van der Waals surface area contributed by atoms with Crippen LogP contribution in [0.2, 0.25) is 0 Å². The molecule has 3 N–H and O–H groups in total. The lowest BCUT2D eigenvalue weighted by atomic mass is 10.1. The van der Waals surface area contributed by atoms with E-state index in [2.05, 4.69) is 15.5 Å². The number of aromatic nitrogens is 2. The highest BCUT2D eigenvalue weighted by Gasteiger charge is 2.27. The van der Waals surface area contributed by atoms with Gasteiger partial charge in [0.05, 0.1) is 0 Å². The lowest BCUT2D eigenvalue weighted by Gasteiger charge is -2.09. The van der Waals surface area contributed by atoms with Crippen molar-refractivity contribution < 1.29 is 9.32 Å². The summed E-state index contributed by atoms with van der Waals surface area (Å²) in [5, 5.41) is 6.57. The number of carbonyl (C=O) groups excluding carboxylic acids is 1. The average Bonchev–Trinajstić information content (AvgIpc) is 2.88. The molecule has 1 saturated carbocycles. The predicted molar refractivity (Wildman–Crippen MR) is 61.1 cm³/mol. The molecule has 0 bridgehead atoms. The first-order chi connectivity index (χ1) is 8.15. The molecule has 1 aromatic heterocycles. The molecule has 6 heteroatoms. The molecule has 94 valence electrons. The Morgan fingerprint density at radius 2 is 2.41 bits per heavy atom. The van der Waals surface area contributed by atoms with Gasteiger partial charge in [-0.25, -0.2) is 0 Å². The number of hydrogen-bond donors (Lipinski definition) is 2. The third kappa shape index (κ3) is 3.26. The van der Waals surface area contributed by atoms with E-state index in [1.165, 1.54) is 0 Å². The van der Waals surface area contributed by atoms with Crippen molar-refractivity contribution in [3.05, 3.63) is 11.7 Å². The summed E-state index contributed by atoms with van der Waals surface area (Å²) in [5.41, 5.74) is 5.77. The van der Waals surface area contributed by atoms with Crippen molar-refractivity contribution in [3.63, 3.8) is 0 Å². The van der Waals surface area contributed by atoms with E-state index in [1.54, 1.807) is 6.92 Å². The molecule has 2 rings (SSSR count). The first-order valence-corrected chi connectivity index (χ1v) is 5.97. The Morgan fingerprint density at radius 1 is 1.59 bits per heavy atom. The number of hydrogen-bond acceptors (Lipinski definition) is 5. The molecule has 1 aliphatic rings. The van der Waals surface area contributed by atoms with Crippen LogP contribution in [0.15, 0.2) is 4.52 Å². The first-order valence-electron chi connectivity index (χ1n) is 5.97. The van der Waals surface area contributed by atoms with Crippen LogP contribution in [-0.4, -0.2) is 28.6 Å². The standard InChI is InChI=1S/C11H18N4O2/c1-7-14-10(17-15-7)4-5-13-11(16)8-2-3-9(12)6-8/h8-9H,2-6,12H2,1H3,(H,13,16). The van der Waals surface area contributed by atoms with Crippen LogP contribution in [0.25, 0.3) is 0 Å². The Labute approximate surface area is 99.9 Å². The maximum absolute atomic E-state index is 11.8. The molecule has 1 amide bonds. The van der Waals surface area contributed by atoms with Crippen molar-refractivity contribution in [2.24, 2.45) is 11.7 Å². The summed E-state index contributed by atoms with van der Waals surface area (Å²) in [6, 6.07) is 0.185. The highest BCUT2D eigenvalue weighted by atomic mass is 16.5. The minimum Gasteiger partial charge on any atom is -0.355 e. The van der Waals surface area contributed by atoms with Crippen LogP contribution in [-0.2, 0) is 11.2 Å². The third-order valence-electron chi connectivity index (χ3n) is 3.05. The molecule has 0 saturated heterocycles. The average molecular weight is 238 g/mol. The molecular weight excluding hydrogens is 220 g/mol. The smallest absolute Gasteiger partial charge is 0.228 e. The SMILES string of the molecule is Cc1noc(CCNC(=O)C2CCC(N)C2)n1. The predicted octanol–water partition coefficient (Wildman–Crippen LogP) is 0.164. The summed E-state index contributed by atoms with van der Waals surface area (Å²) in [6.07, 6.45) is 3.21. The summed E-state index contributed by atoms with van der Waals surface area (Å²) in [7, 11) is 0. The van der Waals surface area contributed by atoms with Crippen LogP contribution in [0.4, 0.5) is 0 Å². The van der Waals surface area contributed by atoms with Gasteiger partial charge in [0.15, 0.2) is 5.82 Å². The van der Waals surface area contributed by atoms with Gasteiger partial charge in [-0.05, 0) is 26.2 Å². The second-order valence-corrected chi connectivity index (χ2v) is 4.55. The molecule has 0 spiro atoms. The summed E-state index contributed by atoms with van der Waals surface area (Å²) in [4.78, 5) is 15.8. The van der Waals surface area contributed by atoms with Crippen LogP contribution in [0.1, 0.15) is 31.0 Å². The molecule has 2 unspecified atom stereocenters. The molecule has 1 aromatic rings. The lowest BCUT2D eigenvalue weighted by Crippen LogP contribution is -2.32. The van der Waals surface area contributed by atoms with Gasteiger partial charge in [0.1, 0.15) is 0 Å². The van der Waals surface area contributed by atoms with Crippen molar-refractivity contribution in [2.75, 3.05) is 6.54 Å². The molecule has 17 heavy (non-hydrogen) atoms. The van der Waals surface area contributed by atoms with Gasteiger partial charge in [-0.3, -0.25) is 4.79 Å². The zero-order valence-electron chi connectivity index (χ0n) is 9.98. The molecule has 6 nitrogen and oxygen atoms in total. The Morgan fingerprint density at radius 3 is 3.00 bits per heavy atom. The van der Waals surface area contributed by atoms with Gasteiger partial charge in [-0.15, -0.1) is 0 Å². The van der Waals surface area contributed by atoms with E-state index in [0.717, 1.165) is 19.3 Å². The van der Waals surface area contributed by atoms with Crippen LogP contribution >= 0.6 is 0 Å². The first kappa shape index (κ1) is 12.0. The van der Waals surface area contributed by atoms with Gasteiger partial charge in [-0.1, -0.05) is 5.16 Å². The van der Waals surface area contributed by atoms with E-state index in [0.29, 0.717) is 24.7 Å². The van der Waals surface area contributed by atoms with Gasteiger partial charge in [0.25, 0.3) is 0 Å². The molecule has 0 aromatic carbocycles. The van der Waals surface area contributed by atoms with Crippen LogP contribution in [0, 0.1) is 12.8 Å². The lowest BCUT2D eigenvalue weighted by molar-refractivity contribution is -0.124.